The van der Waals surface area contributed by atoms with Crippen molar-refractivity contribution in [3.05, 3.63) is 70.8 Å². The van der Waals surface area contributed by atoms with Gasteiger partial charge in [0.1, 0.15) is 11.6 Å². The highest BCUT2D eigenvalue weighted by molar-refractivity contribution is 5.89. The molecule has 0 aliphatic rings. The smallest absolute Gasteiger partial charge is 0.337 e. The first-order valence-corrected chi connectivity index (χ1v) is 6.42. The number of hydrogen-bond donors (Lipinski definition) is 1. The van der Waals surface area contributed by atoms with Crippen LogP contribution in [0, 0.1) is 11.6 Å². The number of ether oxygens (including phenoxy) is 1. The van der Waals surface area contributed by atoms with Crippen molar-refractivity contribution in [3.8, 4) is 0 Å². The van der Waals surface area contributed by atoms with E-state index >= 15 is 0 Å². The van der Waals surface area contributed by atoms with Crippen LogP contribution < -0.4 is 5.32 Å². The average Bonchev–Trinajstić information content (AvgIpc) is 2.50. The van der Waals surface area contributed by atoms with Crippen molar-refractivity contribution in [3.63, 3.8) is 0 Å². The molecule has 1 N–H and O–H groups in total. The lowest BCUT2D eigenvalue weighted by atomic mass is 10.1. The molecule has 5 heteroatoms. The van der Waals surface area contributed by atoms with Gasteiger partial charge in [-0.05, 0) is 35.9 Å². The van der Waals surface area contributed by atoms with Gasteiger partial charge >= 0.3 is 5.97 Å². The summed E-state index contributed by atoms with van der Waals surface area (Å²) in [5.41, 5.74) is 1.68. The molecule has 0 amide bonds. The highest BCUT2D eigenvalue weighted by Crippen LogP contribution is 2.10. The molecular formula is C16H15F2NO2. The first-order valence-electron chi connectivity index (χ1n) is 6.42. The Morgan fingerprint density at radius 2 is 1.81 bits per heavy atom. The number of nitrogens with one attached hydrogen (secondary N) is 1. The Hall–Kier alpha value is -2.27. The maximum absolute atomic E-state index is 13.4. The topological polar surface area (TPSA) is 38.3 Å². The average molecular weight is 291 g/mol. The van der Waals surface area contributed by atoms with E-state index in [9.17, 15) is 13.6 Å². The molecule has 0 saturated heterocycles. The molecule has 110 valence electrons. The molecule has 0 radical (unpaired) electrons. The van der Waals surface area contributed by atoms with Crippen molar-refractivity contribution in [2.24, 2.45) is 0 Å². The van der Waals surface area contributed by atoms with Crippen molar-refractivity contribution < 1.29 is 18.3 Å². The lowest BCUT2D eigenvalue weighted by molar-refractivity contribution is 0.0600. The van der Waals surface area contributed by atoms with Crippen LogP contribution in [0.15, 0.2) is 42.5 Å². The van der Waals surface area contributed by atoms with Gasteiger partial charge in [-0.1, -0.05) is 12.1 Å². The number of esters is 1. The van der Waals surface area contributed by atoms with E-state index in [1.165, 1.54) is 13.2 Å². The van der Waals surface area contributed by atoms with Crippen LogP contribution in [0.3, 0.4) is 0 Å². The highest BCUT2D eigenvalue weighted by atomic mass is 19.1. The van der Waals surface area contributed by atoms with E-state index in [0.29, 0.717) is 12.1 Å². The van der Waals surface area contributed by atoms with Gasteiger partial charge in [-0.25, -0.2) is 13.6 Å². The summed E-state index contributed by atoms with van der Waals surface area (Å²) in [7, 11) is 1.32. The molecule has 0 heterocycles. The molecule has 2 rings (SSSR count). The molecule has 0 aliphatic carbocycles. The fraction of sp³-hybridized carbons (Fsp3) is 0.188. The molecule has 2 aromatic rings. The summed E-state index contributed by atoms with van der Waals surface area (Å²) >= 11 is 0. The van der Waals surface area contributed by atoms with Crippen LogP contribution in [0.25, 0.3) is 0 Å². The Balaban J connectivity index is 1.91. The van der Waals surface area contributed by atoms with Crippen molar-refractivity contribution in [1.29, 1.82) is 0 Å². The first kappa shape index (κ1) is 15.1. The molecule has 0 atom stereocenters. The van der Waals surface area contributed by atoms with Crippen LogP contribution in [-0.4, -0.2) is 13.1 Å². The van der Waals surface area contributed by atoms with Crippen LogP contribution >= 0.6 is 0 Å². The number of benzene rings is 2. The minimum Gasteiger partial charge on any atom is -0.465 e. The largest absolute Gasteiger partial charge is 0.465 e. The highest BCUT2D eigenvalue weighted by Gasteiger charge is 2.05. The molecule has 0 aromatic heterocycles. The third-order valence-electron chi connectivity index (χ3n) is 3.03. The van der Waals surface area contributed by atoms with Crippen LogP contribution in [0.1, 0.15) is 21.5 Å². The van der Waals surface area contributed by atoms with E-state index < -0.39 is 17.6 Å². The maximum Gasteiger partial charge on any atom is 0.337 e. The second-order valence-electron chi connectivity index (χ2n) is 4.53. The monoisotopic (exact) mass is 291 g/mol. The van der Waals surface area contributed by atoms with Crippen LogP contribution in [0.5, 0.6) is 0 Å². The fourth-order valence-electron chi connectivity index (χ4n) is 1.90. The van der Waals surface area contributed by atoms with Crippen molar-refractivity contribution in [2.75, 3.05) is 7.11 Å². The van der Waals surface area contributed by atoms with Gasteiger partial charge < -0.3 is 10.1 Å². The second kappa shape index (κ2) is 6.95. The number of hydrogen-bond acceptors (Lipinski definition) is 3. The summed E-state index contributed by atoms with van der Waals surface area (Å²) < 4.78 is 31.0. The Morgan fingerprint density at radius 1 is 1.10 bits per heavy atom. The lowest BCUT2D eigenvalue weighted by Crippen LogP contribution is -2.14. The molecule has 0 saturated carbocycles. The van der Waals surface area contributed by atoms with Gasteiger partial charge in [0.15, 0.2) is 0 Å². The fourth-order valence-corrected chi connectivity index (χ4v) is 1.90. The van der Waals surface area contributed by atoms with E-state index in [-0.39, 0.29) is 12.1 Å². The second-order valence-corrected chi connectivity index (χ2v) is 4.53. The first-order chi connectivity index (χ1) is 10.1. The number of carbonyl (C=O) groups excluding carboxylic acids is 1. The standard InChI is InChI=1S/C16H15F2NO2/c1-21-16(20)12-4-2-11(3-5-12)9-19-10-13-8-14(17)6-7-15(13)18/h2-8,19H,9-10H2,1H3. The molecule has 0 fully saturated rings. The summed E-state index contributed by atoms with van der Waals surface area (Å²) in [5.74, 6) is -1.29. The van der Waals surface area contributed by atoms with E-state index in [0.717, 1.165) is 17.7 Å². The summed E-state index contributed by atoms with van der Waals surface area (Å²) in [6, 6.07) is 10.2. The zero-order chi connectivity index (χ0) is 15.2. The summed E-state index contributed by atoms with van der Waals surface area (Å²) in [4.78, 5) is 11.3. The van der Waals surface area contributed by atoms with E-state index in [1.54, 1.807) is 24.3 Å². The molecule has 0 spiro atoms. The van der Waals surface area contributed by atoms with Gasteiger partial charge in [-0.15, -0.1) is 0 Å². The van der Waals surface area contributed by atoms with Crippen molar-refractivity contribution in [1.82, 2.24) is 5.32 Å². The van der Waals surface area contributed by atoms with Gasteiger partial charge in [0, 0.05) is 18.7 Å². The molecule has 3 nitrogen and oxygen atoms in total. The molecule has 2 aromatic carbocycles. The quantitative estimate of drug-likeness (QED) is 0.861. The summed E-state index contributed by atoms with van der Waals surface area (Å²) in [6.07, 6.45) is 0. The molecule has 0 aliphatic heterocycles. The predicted octanol–water partition coefficient (Wildman–Crippen LogP) is 3.04. The number of methoxy groups -OCH3 is 1. The van der Waals surface area contributed by atoms with Gasteiger partial charge in [0.2, 0.25) is 0 Å². The van der Waals surface area contributed by atoms with E-state index in [2.05, 4.69) is 10.1 Å². The number of rotatable bonds is 5. The van der Waals surface area contributed by atoms with Crippen molar-refractivity contribution in [2.45, 2.75) is 13.1 Å². The Bertz CT molecular complexity index is 627. The van der Waals surface area contributed by atoms with Gasteiger partial charge in [0.25, 0.3) is 0 Å². The lowest BCUT2D eigenvalue weighted by Gasteiger charge is -2.07. The number of halogens is 2. The van der Waals surface area contributed by atoms with Crippen LogP contribution in [-0.2, 0) is 17.8 Å². The number of carbonyl (C=O) groups is 1. The van der Waals surface area contributed by atoms with Gasteiger partial charge in [0.05, 0.1) is 12.7 Å². The maximum atomic E-state index is 13.4. The third kappa shape index (κ3) is 4.10. The van der Waals surface area contributed by atoms with Crippen LogP contribution in [0.2, 0.25) is 0 Å². The minimum atomic E-state index is -0.462. The van der Waals surface area contributed by atoms with Gasteiger partial charge in [-0.3, -0.25) is 0 Å². The van der Waals surface area contributed by atoms with E-state index in [1.807, 2.05) is 0 Å². The van der Waals surface area contributed by atoms with Crippen molar-refractivity contribution >= 4 is 5.97 Å². The SMILES string of the molecule is COC(=O)c1ccc(CNCc2cc(F)ccc2F)cc1. The Kier molecular flexibility index (Phi) is 5.00. The minimum absolute atomic E-state index is 0.225. The Morgan fingerprint density at radius 3 is 2.48 bits per heavy atom. The molecule has 0 bridgehead atoms. The van der Waals surface area contributed by atoms with Crippen LogP contribution in [0.4, 0.5) is 8.78 Å². The summed E-state index contributed by atoms with van der Waals surface area (Å²) in [6.45, 7) is 0.708. The van der Waals surface area contributed by atoms with E-state index in [4.69, 9.17) is 0 Å². The predicted molar refractivity (Wildman–Crippen MR) is 74.7 cm³/mol. The molecular weight excluding hydrogens is 276 g/mol. The normalized spacial score (nSPS) is 10.4. The molecule has 0 unspecified atom stereocenters. The zero-order valence-electron chi connectivity index (χ0n) is 11.5. The summed E-state index contributed by atoms with van der Waals surface area (Å²) in [5, 5.41) is 3.03. The van der Waals surface area contributed by atoms with Gasteiger partial charge in [-0.2, -0.15) is 0 Å². The zero-order valence-corrected chi connectivity index (χ0v) is 11.5. The Labute approximate surface area is 121 Å². The molecule has 21 heavy (non-hydrogen) atoms. The third-order valence-corrected chi connectivity index (χ3v) is 3.03.